The summed E-state index contributed by atoms with van der Waals surface area (Å²) in [5.41, 5.74) is 0. The molecule has 1 fully saturated rings. The summed E-state index contributed by atoms with van der Waals surface area (Å²) in [6, 6.07) is 10.1. The highest BCUT2D eigenvalue weighted by atomic mass is 16.5. The summed E-state index contributed by atoms with van der Waals surface area (Å²) >= 11 is 0. The molecular weight excluding hydrogens is 308 g/mol. The third kappa shape index (κ3) is 4.04. The standard InChI is InChI=1S/C17H22N4O3/c1-2-15-18-19-17(24-15)21-11-9-20(10-12-21)16(22)8-13-23-14-6-4-3-5-7-14/h3-7H,2,8-13H2,1H3. The molecule has 24 heavy (non-hydrogen) atoms. The number of nitrogens with zero attached hydrogens (tertiary/aromatic N) is 4. The van der Waals surface area contributed by atoms with Crippen molar-refractivity contribution >= 4 is 11.9 Å². The van der Waals surface area contributed by atoms with Gasteiger partial charge in [0, 0.05) is 32.6 Å². The highest BCUT2D eigenvalue weighted by molar-refractivity contribution is 5.76. The van der Waals surface area contributed by atoms with Gasteiger partial charge in [0.1, 0.15) is 5.75 Å². The fraction of sp³-hybridized carbons (Fsp3) is 0.471. The average Bonchev–Trinajstić information content (AvgIpc) is 3.12. The minimum atomic E-state index is 0.116. The maximum atomic E-state index is 12.3. The van der Waals surface area contributed by atoms with Gasteiger partial charge in [-0.2, -0.15) is 0 Å². The number of ether oxygens (including phenoxy) is 1. The molecule has 0 aliphatic carbocycles. The minimum Gasteiger partial charge on any atom is -0.493 e. The Labute approximate surface area is 141 Å². The van der Waals surface area contributed by atoms with Gasteiger partial charge in [0.15, 0.2) is 0 Å². The lowest BCUT2D eigenvalue weighted by Crippen LogP contribution is -2.49. The average molecular weight is 330 g/mol. The molecule has 7 nitrogen and oxygen atoms in total. The molecule has 1 aliphatic heterocycles. The molecule has 2 aromatic rings. The van der Waals surface area contributed by atoms with Crippen LogP contribution in [0.4, 0.5) is 6.01 Å². The second-order valence-electron chi connectivity index (χ2n) is 5.61. The number of para-hydroxylation sites is 1. The number of amides is 1. The molecule has 1 saturated heterocycles. The van der Waals surface area contributed by atoms with E-state index in [9.17, 15) is 4.79 Å². The van der Waals surface area contributed by atoms with Crippen LogP contribution in [0.1, 0.15) is 19.2 Å². The summed E-state index contributed by atoms with van der Waals surface area (Å²) in [4.78, 5) is 16.1. The van der Waals surface area contributed by atoms with E-state index in [4.69, 9.17) is 9.15 Å². The van der Waals surface area contributed by atoms with E-state index < -0.39 is 0 Å². The normalized spacial score (nSPS) is 14.7. The van der Waals surface area contributed by atoms with Crippen LogP contribution in [0.2, 0.25) is 0 Å². The molecule has 7 heteroatoms. The monoisotopic (exact) mass is 330 g/mol. The van der Waals surface area contributed by atoms with Crippen molar-refractivity contribution in [1.82, 2.24) is 15.1 Å². The number of aryl methyl sites for hydroxylation is 1. The Morgan fingerprint density at radius 1 is 1.17 bits per heavy atom. The van der Waals surface area contributed by atoms with Crippen LogP contribution in [0, 0.1) is 0 Å². The number of anilines is 1. The molecule has 1 aromatic heterocycles. The highest BCUT2D eigenvalue weighted by Gasteiger charge is 2.23. The topological polar surface area (TPSA) is 71.7 Å². The maximum absolute atomic E-state index is 12.3. The van der Waals surface area contributed by atoms with Gasteiger partial charge in [-0.05, 0) is 12.1 Å². The van der Waals surface area contributed by atoms with Crippen molar-refractivity contribution in [1.29, 1.82) is 0 Å². The number of aromatic nitrogens is 2. The fourth-order valence-corrected chi connectivity index (χ4v) is 2.59. The number of carbonyl (C=O) groups excluding carboxylic acids is 1. The largest absolute Gasteiger partial charge is 0.493 e. The molecule has 0 atom stereocenters. The van der Waals surface area contributed by atoms with E-state index >= 15 is 0 Å². The Bertz CT molecular complexity index is 651. The minimum absolute atomic E-state index is 0.116. The number of hydrogen-bond acceptors (Lipinski definition) is 6. The molecule has 1 amide bonds. The lowest BCUT2D eigenvalue weighted by Gasteiger charge is -2.33. The van der Waals surface area contributed by atoms with Crippen molar-refractivity contribution < 1.29 is 13.9 Å². The van der Waals surface area contributed by atoms with Gasteiger partial charge < -0.3 is 19.0 Å². The van der Waals surface area contributed by atoms with Gasteiger partial charge in [0.2, 0.25) is 11.8 Å². The zero-order chi connectivity index (χ0) is 16.8. The van der Waals surface area contributed by atoms with E-state index in [1.807, 2.05) is 47.1 Å². The van der Waals surface area contributed by atoms with Crippen molar-refractivity contribution in [3.05, 3.63) is 36.2 Å². The predicted octanol–water partition coefficient (Wildman–Crippen LogP) is 1.75. The zero-order valence-electron chi connectivity index (χ0n) is 13.9. The molecule has 0 radical (unpaired) electrons. The third-order valence-corrected chi connectivity index (χ3v) is 3.99. The molecule has 1 aromatic carbocycles. The van der Waals surface area contributed by atoms with Gasteiger partial charge >= 0.3 is 6.01 Å². The Hall–Kier alpha value is -2.57. The van der Waals surface area contributed by atoms with Gasteiger partial charge in [-0.3, -0.25) is 4.79 Å². The second kappa shape index (κ2) is 7.81. The first kappa shape index (κ1) is 16.3. The summed E-state index contributed by atoms with van der Waals surface area (Å²) in [7, 11) is 0. The molecule has 0 saturated carbocycles. The second-order valence-corrected chi connectivity index (χ2v) is 5.61. The Morgan fingerprint density at radius 2 is 1.92 bits per heavy atom. The van der Waals surface area contributed by atoms with E-state index in [1.54, 1.807) is 0 Å². The van der Waals surface area contributed by atoms with Crippen LogP contribution in [0.15, 0.2) is 34.7 Å². The summed E-state index contributed by atoms with van der Waals surface area (Å²) in [5.74, 6) is 1.55. The number of hydrogen-bond donors (Lipinski definition) is 0. The van der Waals surface area contributed by atoms with Gasteiger partial charge in [-0.25, -0.2) is 0 Å². The number of carbonyl (C=O) groups is 1. The van der Waals surface area contributed by atoms with Crippen LogP contribution in [-0.2, 0) is 11.2 Å². The summed E-state index contributed by atoms with van der Waals surface area (Å²) in [6.45, 7) is 5.10. The summed E-state index contributed by atoms with van der Waals surface area (Å²) in [5, 5.41) is 8.03. The maximum Gasteiger partial charge on any atom is 0.318 e. The molecule has 0 spiro atoms. The van der Waals surface area contributed by atoms with Crippen molar-refractivity contribution in [2.24, 2.45) is 0 Å². The number of benzene rings is 1. The molecule has 3 rings (SSSR count). The molecule has 0 unspecified atom stereocenters. The number of rotatable bonds is 6. The molecule has 128 valence electrons. The lowest BCUT2D eigenvalue weighted by atomic mass is 10.3. The van der Waals surface area contributed by atoms with E-state index in [-0.39, 0.29) is 5.91 Å². The van der Waals surface area contributed by atoms with Gasteiger partial charge in [-0.1, -0.05) is 30.2 Å². The molecule has 2 heterocycles. The van der Waals surface area contributed by atoms with Gasteiger partial charge in [0.05, 0.1) is 13.0 Å². The van der Waals surface area contributed by atoms with Crippen molar-refractivity contribution in [2.45, 2.75) is 19.8 Å². The first-order chi connectivity index (χ1) is 11.8. The van der Waals surface area contributed by atoms with Crippen LogP contribution in [0.5, 0.6) is 5.75 Å². The summed E-state index contributed by atoms with van der Waals surface area (Å²) < 4.78 is 11.1. The summed E-state index contributed by atoms with van der Waals surface area (Å²) in [6.07, 6.45) is 1.11. The van der Waals surface area contributed by atoms with Crippen LogP contribution in [0.25, 0.3) is 0 Å². The fourth-order valence-electron chi connectivity index (χ4n) is 2.59. The van der Waals surface area contributed by atoms with Crippen LogP contribution in [0.3, 0.4) is 0 Å². The molecule has 0 N–H and O–H groups in total. The highest BCUT2D eigenvalue weighted by Crippen LogP contribution is 2.15. The van der Waals surface area contributed by atoms with E-state index in [1.165, 1.54) is 0 Å². The Kier molecular flexibility index (Phi) is 5.30. The first-order valence-corrected chi connectivity index (χ1v) is 8.29. The Morgan fingerprint density at radius 3 is 2.58 bits per heavy atom. The third-order valence-electron chi connectivity index (χ3n) is 3.99. The van der Waals surface area contributed by atoms with Crippen LogP contribution < -0.4 is 9.64 Å². The van der Waals surface area contributed by atoms with Crippen molar-refractivity contribution in [3.8, 4) is 5.75 Å². The lowest BCUT2D eigenvalue weighted by molar-refractivity contribution is -0.132. The quantitative estimate of drug-likeness (QED) is 0.803. The zero-order valence-corrected chi connectivity index (χ0v) is 13.9. The van der Waals surface area contributed by atoms with Gasteiger partial charge in [0.25, 0.3) is 0 Å². The van der Waals surface area contributed by atoms with E-state index in [2.05, 4.69) is 10.2 Å². The Balaban J connectivity index is 1.41. The molecule has 1 aliphatic rings. The van der Waals surface area contributed by atoms with E-state index in [0.717, 1.165) is 12.2 Å². The van der Waals surface area contributed by atoms with Crippen LogP contribution >= 0.6 is 0 Å². The predicted molar refractivity (Wildman–Crippen MR) is 89.0 cm³/mol. The van der Waals surface area contributed by atoms with Crippen molar-refractivity contribution in [3.63, 3.8) is 0 Å². The smallest absolute Gasteiger partial charge is 0.318 e. The molecular formula is C17H22N4O3. The SMILES string of the molecule is CCc1nnc(N2CCN(C(=O)CCOc3ccccc3)CC2)o1. The number of piperazine rings is 1. The molecule has 0 bridgehead atoms. The van der Waals surface area contributed by atoms with E-state index in [0.29, 0.717) is 51.1 Å². The first-order valence-electron chi connectivity index (χ1n) is 8.29. The van der Waals surface area contributed by atoms with Crippen LogP contribution in [-0.4, -0.2) is 53.8 Å². The van der Waals surface area contributed by atoms with Gasteiger partial charge in [-0.15, -0.1) is 5.10 Å². The van der Waals surface area contributed by atoms with Crippen molar-refractivity contribution in [2.75, 3.05) is 37.7 Å².